The second-order valence-electron chi connectivity index (χ2n) is 5.11. The first-order valence-electron chi connectivity index (χ1n) is 7.52. The zero-order valence-electron chi connectivity index (χ0n) is 13.9. The molecule has 0 unspecified atom stereocenters. The summed E-state index contributed by atoms with van der Waals surface area (Å²) in [7, 11) is -1.83. The predicted molar refractivity (Wildman–Crippen MR) is 93.4 cm³/mol. The molecule has 0 bridgehead atoms. The molecule has 130 valence electrons. The van der Waals surface area contributed by atoms with Gasteiger partial charge in [-0.3, -0.25) is 4.99 Å². The van der Waals surface area contributed by atoms with Crippen molar-refractivity contribution in [1.82, 2.24) is 10.6 Å². The molecular formula is C15H26N4O3S. The van der Waals surface area contributed by atoms with Crippen LogP contribution in [0.25, 0.3) is 0 Å². The van der Waals surface area contributed by atoms with Gasteiger partial charge in [0.1, 0.15) is 5.75 Å². The van der Waals surface area contributed by atoms with Crippen molar-refractivity contribution < 1.29 is 13.2 Å². The summed E-state index contributed by atoms with van der Waals surface area (Å²) in [5.74, 6) is 1.28. The maximum Gasteiger partial charge on any atom is 0.210 e. The van der Waals surface area contributed by atoms with Crippen LogP contribution in [0.3, 0.4) is 0 Å². The number of hydrogen-bond acceptors (Lipinski definition) is 4. The van der Waals surface area contributed by atoms with E-state index in [4.69, 9.17) is 9.88 Å². The molecule has 0 spiro atoms. The molecule has 0 saturated carbocycles. The molecule has 1 rings (SSSR count). The first-order valence-corrected chi connectivity index (χ1v) is 9.23. The van der Waals surface area contributed by atoms with Gasteiger partial charge in [0.05, 0.1) is 19.4 Å². The van der Waals surface area contributed by atoms with Gasteiger partial charge in [0.15, 0.2) is 5.96 Å². The molecule has 8 heteroatoms. The summed E-state index contributed by atoms with van der Waals surface area (Å²) in [4.78, 5) is 4.19. The van der Waals surface area contributed by atoms with Crippen molar-refractivity contribution in [3.63, 3.8) is 0 Å². The number of aryl methyl sites for hydroxylation is 1. The van der Waals surface area contributed by atoms with E-state index in [1.165, 1.54) is 0 Å². The van der Waals surface area contributed by atoms with Crippen LogP contribution in [0.15, 0.2) is 23.2 Å². The third-order valence-corrected chi connectivity index (χ3v) is 3.92. The lowest BCUT2D eigenvalue weighted by atomic mass is 10.1. The van der Waals surface area contributed by atoms with Crippen LogP contribution >= 0.6 is 0 Å². The van der Waals surface area contributed by atoms with Crippen LogP contribution in [0.4, 0.5) is 0 Å². The molecule has 0 aliphatic rings. The molecule has 0 atom stereocenters. The molecule has 0 aliphatic carbocycles. The lowest BCUT2D eigenvalue weighted by Crippen LogP contribution is -2.38. The fourth-order valence-electron chi connectivity index (χ4n) is 1.97. The van der Waals surface area contributed by atoms with E-state index in [-0.39, 0.29) is 12.3 Å². The van der Waals surface area contributed by atoms with Crippen LogP contribution in [0.5, 0.6) is 5.75 Å². The normalized spacial score (nSPS) is 12.1. The molecule has 23 heavy (non-hydrogen) atoms. The number of primary sulfonamides is 1. The minimum atomic E-state index is -3.49. The molecule has 0 amide bonds. The second kappa shape index (κ2) is 9.36. The Bertz CT molecular complexity index is 630. The summed E-state index contributed by atoms with van der Waals surface area (Å²) in [6, 6.07) is 6.10. The van der Waals surface area contributed by atoms with Crippen LogP contribution in [0.2, 0.25) is 0 Å². The maximum absolute atomic E-state index is 10.9. The minimum absolute atomic E-state index is 0.131. The Hall–Kier alpha value is -1.80. The number of rotatable bonds is 8. The average Bonchev–Trinajstić information content (AvgIpc) is 2.47. The van der Waals surface area contributed by atoms with Gasteiger partial charge in [-0.15, -0.1) is 0 Å². The fraction of sp³-hybridized carbons (Fsp3) is 0.533. The fourth-order valence-corrected chi connectivity index (χ4v) is 2.32. The number of ether oxygens (including phenoxy) is 1. The Morgan fingerprint density at radius 2 is 2.09 bits per heavy atom. The maximum atomic E-state index is 10.9. The summed E-state index contributed by atoms with van der Waals surface area (Å²) < 4.78 is 27.1. The van der Waals surface area contributed by atoms with Gasteiger partial charge in [-0.25, -0.2) is 13.6 Å². The standard InChI is InChI=1S/C15H26N4O3S/c1-4-17-15(19-9-10-23(16,20)21)18-8-7-13-6-5-12(2)14(11-13)22-3/h5-6,11H,4,7-10H2,1-3H3,(H2,16,20,21)(H2,17,18,19). The molecule has 0 saturated heterocycles. The van der Waals surface area contributed by atoms with E-state index in [1.54, 1.807) is 7.11 Å². The summed E-state index contributed by atoms with van der Waals surface area (Å²) in [5.41, 5.74) is 2.25. The molecule has 0 fully saturated rings. The highest BCUT2D eigenvalue weighted by Gasteiger charge is 2.04. The molecule has 0 radical (unpaired) electrons. The SMILES string of the molecule is CCNC(=NCCS(N)(=O)=O)NCCc1ccc(C)c(OC)c1. The number of nitrogens with zero attached hydrogens (tertiary/aromatic N) is 1. The summed E-state index contributed by atoms with van der Waals surface area (Å²) in [6.45, 7) is 5.45. The van der Waals surface area contributed by atoms with Crippen molar-refractivity contribution in [2.45, 2.75) is 20.3 Å². The Morgan fingerprint density at radius 3 is 2.70 bits per heavy atom. The first kappa shape index (κ1) is 19.2. The highest BCUT2D eigenvalue weighted by atomic mass is 32.2. The van der Waals surface area contributed by atoms with Gasteiger partial charge in [-0.2, -0.15) is 0 Å². The quantitative estimate of drug-likeness (QED) is 0.468. The van der Waals surface area contributed by atoms with E-state index < -0.39 is 10.0 Å². The molecular weight excluding hydrogens is 316 g/mol. The Morgan fingerprint density at radius 1 is 1.35 bits per heavy atom. The zero-order chi connectivity index (χ0) is 17.3. The summed E-state index contributed by atoms with van der Waals surface area (Å²) in [6.07, 6.45) is 0.802. The van der Waals surface area contributed by atoms with Crippen LogP contribution in [-0.4, -0.2) is 46.9 Å². The van der Waals surface area contributed by atoms with E-state index in [1.807, 2.05) is 26.0 Å². The Labute approximate surface area is 138 Å². The number of guanidine groups is 1. The molecule has 7 nitrogen and oxygen atoms in total. The van der Waals surface area contributed by atoms with Crippen molar-refractivity contribution in [2.75, 3.05) is 32.5 Å². The van der Waals surface area contributed by atoms with Gasteiger partial charge in [-0.1, -0.05) is 12.1 Å². The van der Waals surface area contributed by atoms with Crippen LogP contribution in [0, 0.1) is 6.92 Å². The monoisotopic (exact) mass is 342 g/mol. The van der Waals surface area contributed by atoms with E-state index in [9.17, 15) is 8.42 Å². The largest absolute Gasteiger partial charge is 0.496 e. The minimum Gasteiger partial charge on any atom is -0.496 e. The van der Waals surface area contributed by atoms with Gasteiger partial charge >= 0.3 is 0 Å². The van der Waals surface area contributed by atoms with Crippen LogP contribution in [-0.2, 0) is 16.4 Å². The molecule has 0 heterocycles. The first-order chi connectivity index (χ1) is 10.9. The van der Waals surface area contributed by atoms with Gasteiger partial charge in [0, 0.05) is 13.1 Å². The predicted octanol–water partition coefficient (Wildman–Crippen LogP) is 0.390. The third-order valence-electron chi connectivity index (χ3n) is 3.17. The Balaban J connectivity index is 2.53. The smallest absolute Gasteiger partial charge is 0.210 e. The lowest BCUT2D eigenvalue weighted by molar-refractivity contribution is 0.411. The van der Waals surface area contributed by atoms with Crippen molar-refractivity contribution in [2.24, 2.45) is 10.1 Å². The number of hydrogen-bond donors (Lipinski definition) is 3. The molecule has 0 aromatic heterocycles. The number of methoxy groups -OCH3 is 1. The van der Waals surface area contributed by atoms with Crippen molar-refractivity contribution in [3.05, 3.63) is 29.3 Å². The van der Waals surface area contributed by atoms with Gasteiger partial charge in [0.2, 0.25) is 10.0 Å². The van der Waals surface area contributed by atoms with Gasteiger partial charge in [0.25, 0.3) is 0 Å². The number of nitrogens with two attached hydrogens (primary N) is 1. The summed E-state index contributed by atoms with van der Waals surface area (Å²) in [5, 5.41) is 11.2. The average molecular weight is 342 g/mol. The molecule has 1 aromatic rings. The lowest BCUT2D eigenvalue weighted by Gasteiger charge is -2.12. The third kappa shape index (κ3) is 7.85. The van der Waals surface area contributed by atoms with Crippen molar-refractivity contribution in [1.29, 1.82) is 0 Å². The van der Waals surface area contributed by atoms with Crippen molar-refractivity contribution in [3.8, 4) is 5.75 Å². The summed E-state index contributed by atoms with van der Waals surface area (Å²) >= 11 is 0. The van der Waals surface area contributed by atoms with Crippen LogP contribution < -0.4 is 20.5 Å². The zero-order valence-corrected chi connectivity index (χ0v) is 14.7. The van der Waals surface area contributed by atoms with Gasteiger partial charge in [-0.05, 0) is 37.5 Å². The highest BCUT2D eigenvalue weighted by Crippen LogP contribution is 2.18. The molecule has 4 N–H and O–H groups in total. The van der Waals surface area contributed by atoms with E-state index in [0.717, 1.165) is 23.3 Å². The second-order valence-corrected chi connectivity index (χ2v) is 6.84. The van der Waals surface area contributed by atoms with E-state index >= 15 is 0 Å². The number of aliphatic imine (C=N–C) groups is 1. The molecule has 0 aliphatic heterocycles. The van der Waals surface area contributed by atoms with Crippen LogP contribution in [0.1, 0.15) is 18.1 Å². The highest BCUT2D eigenvalue weighted by molar-refractivity contribution is 7.89. The van der Waals surface area contributed by atoms with Crippen molar-refractivity contribution >= 4 is 16.0 Å². The van der Waals surface area contributed by atoms with Gasteiger partial charge < -0.3 is 15.4 Å². The topological polar surface area (TPSA) is 106 Å². The Kier molecular flexibility index (Phi) is 7.84. The number of nitrogens with one attached hydrogen (secondary N) is 2. The molecule has 1 aromatic carbocycles. The number of sulfonamides is 1. The van der Waals surface area contributed by atoms with E-state index in [0.29, 0.717) is 19.0 Å². The van der Waals surface area contributed by atoms with E-state index in [2.05, 4.69) is 21.7 Å². The number of benzene rings is 1.